The van der Waals surface area contributed by atoms with Gasteiger partial charge in [0.2, 0.25) is 0 Å². The van der Waals surface area contributed by atoms with Crippen molar-refractivity contribution in [3.63, 3.8) is 0 Å². The number of rotatable bonds is 5. The maximum absolute atomic E-state index is 6.65. The summed E-state index contributed by atoms with van der Waals surface area (Å²) in [5.41, 5.74) is 10.4. The zero-order valence-electron chi connectivity index (χ0n) is 19.4. The molecule has 0 atom stereocenters. The van der Waals surface area contributed by atoms with E-state index in [-0.39, 0.29) is 0 Å². The van der Waals surface area contributed by atoms with Crippen LogP contribution < -0.4 is 4.90 Å². The molecular formula is C32H26ClN. The van der Waals surface area contributed by atoms with Crippen LogP contribution in [-0.2, 0) is 0 Å². The van der Waals surface area contributed by atoms with Gasteiger partial charge in [-0.15, -0.1) is 0 Å². The van der Waals surface area contributed by atoms with Crippen LogP contribution in [-0.4, -0.2) is 0 Å². The monoisotopic (exact) mass is 459 g/mol. The van der Waals surface area contributed by atoms with Crippen molar-refractivity contribution in [1.29, 1.82) is 0 Å². The van der Waals surface area contributed by atoms with E-state index in [0.717, 1.165) is 33.2 Å². The van der Waals surface area contributed by atoms with E-state index >= 15 is 0 Å². The number of benzene rings is 5. The summed E-state index contributed by atoms with van der Waals surface area (Å²) >= 11 is 6.65. The molecule has 166 valence electrons. The Morgan fingerprint density at radius 2 is 1.06 bits per heavy atom. The minimum atomic E-state index is 0.743. The number of anilines is 3. The molecule has 34 heavy (non-hydrogen) atoms. The topological polar surface area (TPSA) is 3.24 Å². The van der Waals surface area contributed by atoms with Crippen LogP contribution in [0.5, 0.6) is 0 Å². The Morgan fingerprint density at radius 1 is 0.471 bits per heavy atom. The van der Waals surface area contributed by atoms with Crippen LogP contribution in [0.15, 0.2) is 121 Å². The van der Waals surface area contributed by atoms with E-state index in [1.165, 1.54) is 22.3 Å². The van der Waals surface area contributed by atoms with Gasteiger partial charge in [-0.25, -0.2) is 0 Å². The second-order valence-electron chi connectivity index (χ2n) is 8.48. The highest BCUT2D eigenvalue weighted by atomic mass is 35.5. The summed E-state index contributed by atoms with van der Waals surface area (Å²) in [6.45, 7) is 4.35. The molecule has 2 heteroatoms. The number of hydrogen-bond acceptors (Lipinski definition) is 1. The molecule has 0 spiro atoms. The molecule has 0 bridgehead atoms. The summed E-state index contributed by atoms with van der Waals surface area (Å²) in [6.07, 6.45) is 0. The van der Waals surface area contributed by atoms with Crippen molar-refractivity contribution in [2.24, 2.45) is 0 Å². The summed E-state index contributed by atoms with van der Waals surface area (Å²) in [7, 11) is 0. The third-order valence-electron chi connectivity index (χ3n) is 6.24. The zero-order valence-corrected chi connectivity index (χ0v) is 20.1. The lowest BCUT2D eigenvalue weighted by Gasteiger charge is -2.29. The van der Waals surface area contributed by atoms with Gasteiger partial charge in [0, 0.05) is 27.5 Å². The van der Waals surface area contributed by atoms with Crippen molar-refractivity contribution >= 4 is 28.7 Å². The van der Waals surface area contributed by atoms with Gasteiger partial charge in [0.1, 0.15) is 0 Å². The van der Waals surface area contributed by atoms with Crippen molar-refractivity contribution in [3.8, 4) is 22.3 Å². The van der Waals surface area contributed by atoms with E-state index in [4.69, 9.17) is 11.6 Å². The zero-order chi connectivity index (χ0) is 23.5. The van der Waals surface area contributed by atoms with Crippen molar-refractivity contribution in [2.75, 3.05) is 4.90 Å². The Kier molecular flexibility index (Phi) is 6.20. The van der Waals surface area contributed by atoms with Gasteiger partial charge < -0.3 is 4.90 Å². The maximum atomic E-state index is 6.65. The predicted molar refractivity (Wildman–Crippen MR) is 146 cm³/mol. The quantitative estimate of drug-likeness (QED) is 0.253. The van der Waals surface area contributed by atoms with Gasteiger partial charge in [-0.2, -0.15) is 0 Å². The van der Waals surface area contributed by atoms with Gasteiger partial charge in [-0.3, -0.25) is 0 Å². The smallest absolute Gasteiger partial charge is 0.0540 e. The highest BCUT2D eigenvalue weighted by Crippen LogP contribution is 2.43. The van der Waals surface area contributed by atoms with Crippen molar-refractivity contribution in [3.05, 3.63) is 137 Å². The summed E-state index contributed by atoms with van der Waals surface area (Å²) in [4.78, 5) is 2.32. The van der Waals surface area contributed by atoms with E-state index in [1.54, 1.807) is 0 Å². The first-order valence-electron chi connectivity index (χ1n) is 11.5. The molecule has 0 saturated carbocycles. The van der Waals surface area contributed by atoms with Crippen molar-refractivity contribution in [1.82, 2.24) is 0 Å². The fraction of sp³-hybridized carbons (Fsp3) is 0.0625. The molecule has 0 aliphatic rings. The molecule has 0 aliphatic heterocycles. The second-order valence-corrected chi connectivity index (χ2v) is 8.89. The second kappa shape index (κ2) is 9.59. The molecule has 5 aromatic carbocycles. The summed E-state index contributed by atoms with van der Waals surface area (Å²) in [6, 6.07) is 42.3. The molecule has 1 nitrogen and oxygen atoms in total. The fourth-order valence-electron chi connectivity index (χ4n) is 4.49. The SMILES string of the molecule is Cc1ccccc1-c1cc(N(c2ccccc2)c2ccccc2-c2ccccc2Cl)ccc1C. The first kappa shape index (κ1) is 22.0. The highest BCUT2D eigenvalue weighted by Gasteiger charge is 2.19. The standard InChI is InChI=1S/C32H26ClN/c1-23-12-6-7-15-27(23)30-22-26(21-20-24(30)2)34(25-13-4-3-5-14-25)32-19-11-9-17-29(32)28-16-8-10-18-31(28)33/h3-22H,1-2H3. The lowest BCUT2D eigenvalue weighted by Crippen LogP contribution is -2.11. The van der Waals surface area contributed by atoms with Crippen LogP contribution in [0.1, 0.15) is 11.1 Å². The van der Waals surface area contributed by atoms with E-state index in [2.05, 4.69) is 122 Å². The third kappa shape index (κ3) is 4.23. The maximum Gasteiger partial charge on any atom is 0.0540 e. The van der Waals surface area contributed by atoms with Crippen LogP contribution >= 0.6 is 11.6 Å². The normalized spacial score (nSPS) is 10.8. The molecule has 0 radical (unpaired) electrons. The number of nitrogens with zero attached hydrogens (tertiary/aromatic N) is 1. The molecule has 0 N–H and O–H groups in total. The Labute approximate surface area is 206 Å². The molecule has 5 rings (SSSR count). The van der Waals surface area contributed by atoms with E-state index < -0.39 is 0 Å². The lowest BCUT2D eigenvalue weighted by atomic mass is 9.95. The average molecular weight is 460 g/mol. The number of halogens is 1. The molecule has 0 aromatic heterocycles. The third-order valence-corrected chi connectivity index (χ3v) is 6.57. The van der Waals surface area contributed by atoms with Gasteiger partial charge in [-0.1, -0.05) is 96.5 Å². The van der Waals surface area contributed by atoms with E-state index in [0.29, 0.717) is 0 Å². The van der Waals surface area contributed by atoms with Crippen LogP contribution in [0.4, 0.5) is 17.1 Å². The van der Waals surface area contributed by atoms with E-state index in [9.17, 15) is 0 Å². The molecule has 0 fully saturated rings. The number of aryl methyl sites for hydroxylation is 2. The first-order valence-corrected chi connectivity index (χ1v) is 11.9. The Hall–Kier alpha value is -3.81. The van der Waals surface area contributed by atoms with Gasteiger partial charge in [-0.05, 0) is 72.5 Å². The highest BCUT2D eigenvalue weighted by molar-refractivity contribution is 6.33. The first-order chi connectivity index (χ1) is 16.6. The molecule has 0 aliphatic carbocycles. The minimum Gasteiger partial charge on any atom is -0.310 e. The van der Waals surface area contributed by atoms with Gasteiger partial charge in [0.25, 0.3) is 0 Å². The Morgan fingerprint density at radius 3 is 1.79 bits per heavy atom. The minimum absolute atomic E-state index is 0.743. The van der Waals surface area contributed by atoms with Crippen LogP contribution in [0, 0.1) is 13.8 Å². The van der Waals surface area contributed by atoms with Gasteiger partial charge >= 0.3 is 0 Å². The average Bonchev–Trinajstić information content (AvgIpc) is 2.87. The summed E-state index contributed by atoms with van der Waals surface area (Å²) in [5, 5.41) is 0.743. The molecule has 5 aromatic rings. The lowest BCUT2D eigenvalue weighted by molar-refractivity contribution is 1.27. The molecule has 0 unspecified atom stereocenters. The fourth-order valence-corrected chi connectivity index (χ4v) is 4.73. The Bertz CT molecular complexity index is 1440. The van der Waals surface area contributed by atoms with E-state index in [1.807, 2.05) is 18.2 Å². The van der Waals surface area contributed by atoms with Crippen molar-refractivity contribution < 1.29 is 0 Å². The number of para-hydroxylation sites is 2. The summed E-state index contributed by atoms with van der Waals surface area (Å²) < 4.78 is 0. The van der Waals surface area contributed by atoms with Gasteiger partial charge in [0.15, 0.2) is 0 Å². The van der Waals surface area contributed by atoms with Crippen LogP contribution in [0.3, 0.4) is 0 Å². The molecule has 0 saturated heterocycles. The largest absolute Gasteiger partial charge is 0.310 e. The van der Waals surface area contributed by atoms with Gasteiger partial charge in [0.05, 0.1) is 5.69 Å². The van der Waals surface area contributed by atoms with Crippen molar-refractivity contribution in [2.45, 2.75) is 13.8 Å². The molecule has 0 amide bonds. The number of hydrogen-bond donors (Lipinski definition) is 0. The Balaban J connectivity index is 1.75. The summed E-state index contributed by atoms with van der Waals surface area (Å²) in [5.74, 6) is 0. The predicted octanol–water partition coefficient (Wildman–Crippen LogP) is 9.76. The molecule has 0 heterocycles. The molecular weight excluding hydrogens is 434 g/mol. The van der Waals surface area contributed by atoms with Crippen LogP contribution in [0.2, 0.25) is 5.02 Å². The van der Waals surface area contributed by atoms with Crippen LogP contribution in [0.25, 0.3) is 22.3 Å².